The number of hydrogen-bond acceptors (Lipinski definition) is 4. The van der Waals surface area contributed by atoms with Crippen molar-refractivity contribution in [3.63, 3.8) is 0 Å². The zero-order chi connectivity index (χ0) is 14.8. The molecule has 1 aromatic heterocycles. The second-order valence-electron chi connectivity index (χ2n) is 4.49. The molecule has 0 fully saturated rings. The third-order valence-electron chi connectivity index (χ3n) is 3.01. The molecule has 1 heterocycles. The Bertz CT molecular complexity index is 798. The van der Waals surface area contributed by atoms with E-state index in [0.29, 0.717) is 22.1 Å². The molecule has 5 nitrogen and oxygen atoms in total. The van der Waals surface area contributed by atoms with Gasteiger partial charge in [-0.1, -0.05) is 41.9 Å². The molecule has 0 bridgehead atoms. The molecule has 0 N–H and O–H groups in total. The van der Waals surface area contributed by atoms with Gasteiger partial charge in [0.2, 0.25) is 5.82 Å². The standard InChI is InChI=1S/C15H11ClN4O/c1-10(21)13-8-7-12(9-14(13)16)20-18-15(17-19-20)11-5-3-2-4-6-11/h2-9H,1H3. The first-order chi connectivity index (χ1) is 10.1. The number of aromatic nitrogens is 4. The van der Waals surface area contributed by atoms with Gasteiger partial charge in [-0.15, -0.1) is 15.0 Å². The molecule has 0 amide bonds. The van der Waals surface area contributed by atoms with Crippen molar-refractivity contribution < 1.29 is 4.79 Å². The summed E-state index contributed by atoms with van der Waals surface area (Å²) in [6.45, 7) is 1.47. The number of carbonyl (C=O) groups is 1. The van der Waals surface area contributed by atoms with Crippen LogP contribution in [0.3, 0.4) is 0 Å². The Morgan fingerprint density at radius 2 is 1.90 bits per heavy atom. The predicted molar refractivity (Wildman–Crippen MR) is 79.6 cm³/mol. The van der Waals surface area contributed by atoms with Crippen molar-refractivity contribution in [2.75, 3.05) is 0 Å². The van der Waals surface area contributed by atoms with Crippen molar-refractivity contribution in [3.8, 4) is 17.1 Å². The summed E-state index contributed by atoms with van der Waals surface area (Å²) in [5.41, 5.74) is 2.01. The first kappa shape index (κ1) is 13.5. The van der Waals surface area contributed by atoms with Gasteiger partial charge in [0.25, 0.3) is 0 Å². The minimum atomic E-state index is -0.0805. The molecule has 3 aromatic rings. The molecule has 0 atom stereocenters. The van der Waals surface area contributed by atoms with Crippen molar-refractivity contribution in [2.24, 2.45) is 0 Å². The maximum Gasteiger partial charge on any atom is 0.205 e. The summed E-state index contributed by atoms with van der Waals surface area (Å²) in [5, 5.41) is 12.7. The fraction of sp³-hybridized carbons (Fsp3) is 0.0667. The molecule has 21 heavy (non-hydrogen) atoms. The minimum absolute atomic E-state index is 0.0805. The van der Waals surface area contributed by atoms with E-state index in [-0.39, 0.29) is 5.78 Å². The molecule has 6 heteroatoms. The molecule has 0 saturated heterocycles. The van der Waals surface area contributed by atoms with Crippen LogP contribution >= 0.6 is 11.6 Å². The normalized spacial score (nSPS) is 10.6. The third-order valence-corrected chi connectivity index (χ3v) is 3.32. The summed E-state index contributed by atoms with van der Waals surface area (Å²) < 4.78 is 0. The lowest BCUT2D eigenvalue weighted by atomic mass is 10.1. The minimum Gasteiger partial charge on any atom is -0.294 e. The molecule has 3 rings (SSSR count). The predicted octanol–water partition coefficient (Wildman–Crippen LogP) is 3.19. The number of tetrazole rings is 1. The lowest BCUT2D eigenvalue weighted by Crippen LogP contribution is -2.01. The molecular weight excluding hydrogens is 288 g/mol. The van der Waals surface area contributed by atoms with Gasteiger partial charge in [-0.3, -0.25) is 4.79 Å². The second-order valence-corrected chi connectivity index (χ2v) is 4.90. The molecule has 0 unspecified atom stereocenters. The van der Waals surface area contributed by atoms with Gasteiger partial charge in [-0.2, -0.15) is 0 Å². The largest absolute Gasteiger partial charge is 0.294 e. The van der Waals surface area contributed by atoms with Crippen molar-refractivity contribution >= 4 is 17.4 Å². The van der Waals surface area contributed by atoms with E-state index in [4.69, 9.17) is 11.6 Å². The number of nitrogens with zero attached hydrogens (tertiary/aromatic N) is 4. The molecule has 0 aliphatic rings. The Labute approximate surface area is 126 Å². The van der Waals surface area contributed by atoms with Crippen LogP contribution in [0.4, 0.5) is 0 Å². The van der Waals surface area contributed by atoms with Gasteiger partial charge < -0.3 is 0 Å². The highest BCUT2D eigenvalue weighted by atomic mass is 35.5. The zero-order valence-electron chi connectivity index (χ0n) is 11.2. The number of rotatable bonds is 3. The average molecular weight is 299 g/mol. The highest BCUT2D eigenvalue weighted by Gasteiger charge is 2.10. The van der Waals surface area contributed by atoms with Crippen molar-refractivity contribution in [1.29, 1.82) is 0 Å². The molecule has 2 aromatic carbocycles. The van der Waals surface area contributed by atoms with Gasteiger partial charge in [0, 0.05) is 11.1 Å². The van der Waals surface area contributed by atoms with Crippen LogP contribution in [0, 0.1) is 0 Å². The van der Waals surface area contributed by atoms with Crippen molar-refractivity contribution in [1.82, 2.24) is 20.2 Å². The lowest BCUT2D eigenvalue weighted by Gasteiger charge is -2.02. The topological polar surface area (TPSA) is 60.7 Å². The Kier molecular flexibility index (Phi) is 3.50. The van der Waals surface area contributed by atoms with Crippen molar-refractivity contribution in [2.45, 2.75) is 6.92 Å². The van der Waals surface area contributed by atoms with Gasteiger partial charge in [-0.05, 0) is 30.3 Å². The van der Waals surface area contributed by atoms with Gasteiger partial charge in [-0.25, -0.2) is 0 Å². The molecule has 0 radical (unpaired) electrons. The van der Waals surface area contributed by atoms with E-state index in [1.54, 1.807) is 18.2 Å². The van der Waals surface area contributed by atoms with Gasteiger partial charge >= 0.3 is 0 Å². The molecule has 0 aliphatic carbocycles. The maximum atomic E-state index is 11.4. The number of hydrogen-bond donors (Lipinski definition) is 0. The highest BCUT2D eigenvalue weighted by molar-refractivity contribution is 6.34. The lowest BCUT2D eigenvalue weighted by molar-refractivity contribution is 0.101. The molecule has 104 valence electrons. The Morgan fingerprint density at radius 3 is 2.57 bits per heavy atom. The summed E-state index contributed by atoms with van der Waals surface area (Å²) in [6.07, 6.45) is 0. The first-order valence-electron chi connectivity index (χ1n) is 6.31. The van der Waals surface area contributed by atoms with Crippen LogP contribution in [0.15, 0.2) is 48.5 Å². The summed E-state index contributed by atoms with van der Waals surface area (Å²) in [4.78, 5) is 12.8. The van der Waals surface area contributed by atoms with Crippen LogP contribution in [0.2, 0.25) is 5.02 Å². The fourth-order valence-electron chi connectivity index (χ4n) is 1.94. The van der Waals surface area contributed by atoms with E-state index in [1.807, 2.05) is 30.3 Å². The third kappa shape index (κ3) is 2.68. The maximum absolute atomic E-state index is 11.4. The number of benzene rings is 2. The molecule has 0 aliphatic heterocycles. The number of halogens is 1. The Morgan fingerprint density at radius 1 is 1.14 bits per heavy atom. The molecular formula is C15H11ClN4O. The zero-order valence-corrected chi connectivity index (χ0v) is 11.9. The second kappa shape index (κ2) is 5.46. The van der Waals surface area contributed by atoms with Crippen molar-refractivity contribution in [3.05, 3.63) is 59.1 Å². The average Bonchev–Trinajstić information content (AvgIpc) is 2.97. The fourth-order valence-corrected chi connectivity index (χ4v) is 2.25. The summed E-state index contributed by atoms with van der Waals surface area (Å²) in [7, 11) is 0. The van der Waals surface area contributed by atoms with E-state index < -0.39 is 0 Å². The van der Waals surface area contributed by atoms with Crippen LogP contribution in [-0.2, 0) is 0 Å². The Balaban J connectivity index is 1.97. The summed E-state index contributed by atoms with van der Waals surface area (Å²) in [6, 6.07) is 14.6. The SMILES string of the molecule is CC(=O)c1ccc(-n2nnc(-c3ccccc3)n2)cc1Cl. The number of ketones is 1. The summed E-state index contributed by atoms with van der Waals surface area (Å²) in [5.74, 6) is 0.449. The van der Waals surface area contributed by atoms with Crippen LogP contribution in [0.25, 0.3) is 17.1 Å². The van der Waals surface area contributed by atoms with Gasteiger partial charge in [0.05, 0.1) is 10.7 Å². The monoisotopic (exact) mass is 298 g/mol. The van der Waals surface area contributed by atoms with Crippen LogP contribution in [0.5, 0.6) is 0 Å². The van der Waals surface area contributed by atoms with E-state index >= 15 is 0 Å². The van der Waals surface area contributed by atoms with Gasteiger partial charge in [0.15, 0.2) is 5.78 Å². The van der Waals surface area contributed by atoms with Crippen LogP contribution < -0.4 is 0 Å². The quantitative estimate of drug-likeness (QED) is 0.697. The summed E-state index contributed by atoms with van der Waals surface area (Å²) >= 11 is 6.09. The first-order valence-corrected chi connectivity index (χ1v) is 6.69. The van der Waals surface area contributed by atoms with E-state index in [9.17, 15) is 4.79 Å². The van der Waals surface area contributed by atoms with E-state index in [2.05, 4.69) is 15.4 Å². The molecule has 0 saturated carbocycles. The molecule has 0 spiro atoms. The smallest absolute Gasteiger partial charge is 0.205 e. The Hall–Kier alpha value is -2.53. The van der Waals surface area contributed by atoms with E-state index in [1.165, 1.54) is 11.7 Å². The van der Waals surface area contributed by atoms with Crippen LogP contribution in [-0.4, -0.2) is 26.0 Å². The van der Waals surface area contributed by atoms with E-state index in [0.717, 1.165) is 5.56 Å². The number of Topliss-reactive ketones (excluding diaryl/α,β-unsaturated/α-hetero) is 1. The number of carbonyl (C=O) groups excluding carboxylic acids is 1. The highest BCUT2D eigenvalue weighted by Crippen LogP contribution is 2.21. The van der Waals surface area contributed by atoms with Crippen LogP contribution in [0.1, 0.15) is 17.3 Å². The van der Waals surface area contributed by atoms with Gasteiger partial charge in [0.1, 0.15) is 0 Å².